The van der Waals surface area contributed by atoms with E-state index in [1.165, 1.54) is 14.1 Å². The van der Waals surface area contributed by atoms with Gasteiger partial charge in [0.05, 0.1) is 45.7 Å². The molecule has 19 heteroatoms. The first kappa shape index (κ1) is 32.7. The average molecular weight is 650 g/mol. The van der Waals surface area contributed by atoms with Crippen molar-refractivity contribution in [3.05, 3.63) is 70.0 Å². The maximum atomic E-state index is 14.1. The lowest BCUT2D eigenvalue weighted by molar-refractivity contribution is -0.138. The number of hydrogen-bond acceptors (Lipinski definition) is 4. The fraction of sp³-hybridized carbons (Fsp3) is 0.261. The van der Waals surface area contributed by atoms with Crippen LogP contribution in [0.3, 0.4) is 0 Å². The molecular weight excluding hydrogens is 633 g/mol. The molecule has 0 spiro atoms. The van der Waals surface area contributed by atoms with Crippen LogP contribution in [0.2, 0.25) is 5.02 Å². The van der Waals surface area contributed by atoms with Gasteiger partial charge in [-0.2, -0.15) is 53.0 Å². The summed E-state index contributed by atoms with van der Waals surface area (Å²) < 4.78 is 151. The Morgan fingerprint density at radius 2 is 1.64 bits per heavy atom. The van der Waals surface area contributed by atoms with Crippen molar-refractivity contribution in [3.8, 4) is 5.69 Å². The predicted molar refractivity (Wildman–Crippen MR) is 132 cm³/mol. The number of hydrogen-bond donors (Lipinski definition) is 1. The molecule has 1 aromatic heterocycles. The third-order valence-corrected chi connectivity index (χ3v) is 6.97. The number of anilines is 1. The molecule has 0 aliphatic carbocycles. The minimum Gasteiger partial charge on any atom is -0.368 e. The second-order valence-electron chi connectivity index (χ2n) is 8.70. The van der Waals surface area contributed by atoms with E-state index in [-0.39, 0.29) is 23.1 Å². The Kier molecular flexibility index (Phi) is 8.93. The minimum atomic E-state index is -5.32. The molecule has 1 heterocycles. The van der Waals surface area contributed by atoms with Gasteiger partial charge >= 0.3 is 18.5 Å². The largest absolute Gasteiger partial charge is 0.419 e. The number of amides is 1. The summed E-state index contributed by atoms with van der Waals surface area (Å²) in [6, 6.07) is 3.00. The molecule has 0 fully saturated rings. The molecule has 1 amide bonds. The fourth-order valence-corrected chi connectivity index (χ4v) is 4.82. The molecule has 0 saturated heterocycles. The van der Waals surface area contributed by atoms with Gasteiger partial charge < -0.3 is 10.2 Å². The van der Waals surface area contributed by atoms with Gasteiger partial charge in [0.1, 0.15) is 11.2 Å². The van der Waals surface area contributed by atoms with E-state index >= 15 is 0 Å². The van der Waals surface area contributed by atoms with Crippen molar-refractivity contribution in [3.63, 3.8) is 0 Å². The molecule has 0 aliphatic heterocycles. The van der Waals surface area contributed by atoms with Crippen molar-refractivity contribution in [1.29, 1.82) is 0 Å². The van der Waals surface area contributed by atoms with Gasteiger partial charge in [0.25, 0.3) is 10.0 Å². The molecule has 2 aromatic carbocycles. The van der Waals surface area contributed by atoms with Crippen molar-refractivity contribution >= 4 is 39.6 Å². The first-order valence-corrected chi connectivity index (χ1v) is 12.9. The van der Waals surface area contributed by atoms with Crippen LogP contribution in [0.4, 0.5) is 45.2 Å². The van der Waals surface area contributed by atoms with Gasteiger partial charge in [-0.15, -0.1) is 4.40 Å². The molecule has 42 heavy (non-hydrogen) atoms. The Bertz CT molecular complexity index is 1630. The molecule has 0 atom stereocenters. The Labute approximate surface area is 236 Å². The summed E-state index contributed by atoms with van der Waals surface area (Å²) in [4.78, 5) is 12.7. The number of benzene rings is 2. The van der Waals surface area contributed by atoms with E-state index in [0.717, 1.165) is 23.4 Å². The van der Waals surface area contributed by atoms with Crippen LogP contribution in [0, 0.1) is 0 Å². The van der Waals surface area contributed by atoms with Crippen LogP contribution in [-0.4, -0.2) is 49.4 Å². The molecule has 0 radical (unpaired) electrons. The van der Waals surface area contributed by atoms with Gasteiger partial charge in [0.15, 0.2) is 0 Å². The Morgan fingerprint density at radius 1 is 1.02 bits per heavy atom. The highest BCUT2D eigenvalue weighted by Crippen LogP contribution is 2.40. The number of nitrogens with zero attached hydrogens (tertiary/aromatic N) is 4. The van der Waals surface area contributed by atoms with Crippen molar-refractivity contribution in [2.24, 2.45) is 4.40 Å². The molecule has 0 bridgehead atoms. The van der Waals surface area contributed by atoms with Crippen LogP contribution in [-0.2, 0) is 39.8 Å². The van der Waals surface area contributed by atoms with E-state index in [4.69, 9.17) is 11.6 Å². The average Bonchev–Trinajstić information content (AvgIpc) is 3.33. The molecular formula is C23H17ClF9N5O3S. The van der Waals surface area contributed by atoms with E-state index < -0.39 is 84.4 Å². The molecule has 0 unspecified atom stereocenters. The Balaban J connectivity index is 2.19. The number of nitrogens with one attached hydrogen (secondary N) is 1. The third kappa shape index (κ3) is 7.53. The summed E-state index contributed by atoms with van der Waals surface area (Å²) in [7, 11) is -2.25. The molecule has 0 aliphatic rings. The van der Waals surface area contributed by atoms with Crippen LogP contribution < -0.4 is 5.32 Å². The highest BCUT2D eigenvalue weighted by molar-refractivity contribution is 7.90. The number of alkyl halides is 9. The second kappa shape index (κ2) is 11.5. The summed E-state index contributed by atoms with van der Waals surface area (Å²) in [6.45, 7) is 0. The number of sulfonamides is 1. The van der Waals surface area contributed by atoms with Crippen molar-refractivity contribution in [1.82, 2.24) is 14.7 Å². The van der Waals surface area contributed by atoms with Crippen molar-refractivity contribution in [2.45, 2.75) is 29.8 Å². The summed E-state index contributed by atoms with van der Waals surface area (Å²) in [5.74, 6) is -1.33. The topological polar surface area (TPSA) is 96.7 Å². The summed E-state index contributed by atoms with van der Waals surface area (Å²) in [5.41, 5.74) is -7.01. The van der Waals surface area contributed by atoms with Crippen molar-refractivity contribution < 1.29 is 52.7 Å². The number of rotatable bonds is 7. The molecule has 3 aromatic rings. The smallest absolute Gasteiger partial charge is 0.368 e. The predicted octanol–water partition coefficient (Wildman–Crippen LogP) is 6.04. The van der Waals surface area contributed by atoms with Gasteiger partial charge in [-0.1, -0.05) is 23.7 Å². The lowest BCUT2D eigenvalue weighted by atomic mass is 10.1. The highest BCUT2D eigenvalue weighted by Gasteiger charge is 2.38. The standard InChI is InChI=1S/C23H17ClF9N5O3S/c1-37(2)11-35-42(40,41)18-8-16(36-19(39)6-12-4-3-5-14(20(12)24)22(28,29)30)15(23(31,32)33)7-17(18)38-10-13(9-34-38)21(25,26)27/h3-5,7-11H,6H2,1-2H3,(H,36,39)/b35-11+. The summed E-state index contributed by atoms with van der Waals surface area (Å²) in [5, 5.41) is 4.26. The van der Waals surface area contributed by atoms with Crippen molar-refractivity contribution in [2.75, 3.05) is 19.4 Å². The monoisotopic (exact) mass is 649 g/mol. The maximum absolute atomic E-state index is 14.1. The van der Waals surface area contributed by atoms with Gasteiger partial charge in [-0.05, 0) is 23.8 Å². The molecule has 8 nitrogen and oxygen atoms in total. The third-order valence-electron chi connectivity index (χ3n) is 5.27. The first-order valence-electron chi connectivity index (χ1n) is 11.1. The van der Waals surface area contributed by atoms with Crippen LogP contribution in [0.5, 0.6) is 0 Å². The fourth-order valence-electron chi connectivity index (χ4n) is 3.41. The van der Waals surface area contributed by atoms with Crippen LogP contribution in [0.1, 0.15) is 22.3 Å². The molecule has 3 rings (SSSR count). The quantitative estimate of drug-likeness (QED) is 0.191. The maximum Gasteiger partial charge on any atom is 0.419 e. The lowest BCUT2D eigenvalue weighted by Gasteiger charge is -2.18. The van der Waals surface area contributed by atoms with Crippen LogP contribution in [0.25, 0.3) is 5.69 Å². The zero-order valence-corrected chi connectivity index (χ0v) is 22.6. The first-order chi connectivity index (χ1) is 19.1. The van der Waals surface area contributed by atoms with Crippen LogP contribution >= 0.6 is 11.6 Å². The Hall–Kier alpha value is -3.80. The van der Waals surface area contributed by atoms with Gasteiger partial charge in [0.2, 0.25) is 5.91 Å². The SMILES string of the molecule is CN(C)/C=N/S(=O)(=O)c1cc(NC(=O)Cc2cccc(C(F)(F)F)c2Cl)c(C(F)(F)F)cc1-n1cc(C(F)(F)F)cn1. The van der Waals surface area contributed by atoms with E-state index in [1.807, 2.05) is 0 Å². The zero-order chi connectivity index (χ0) is 31.8. The summed E-state index contributed by atoms with van der Waals surface area (Å²) >= 11 is 5.74. The minimum absolute atomic E-state index is 0.137. The highest BCUT2D eigenvalue weighted by atomic mass is 35.5. The lowest BCUT2D eigenvalue weighted by Crippen LogP contribution is -2.21. The number of carbonyl (C=O) groups is 1. The summed E-state index contributed by atoms with van der Waals surface area (Å²) in [6.07, 6.45) is -14.9. The zero-order valence-electron chi connectivity index (χ0n) is 21.0. The van der Waals surface area contributed by atoms with Gasteiger partial charge in [0, 0.05) is 20.3 Å². The van der Waals surface area contributed by atoms with E-state index in [9.17, 15) is 52.7 Å². The van der Waals surface area contributed by atoms with Gasteiger partial charge in [-0.25, -0.2) is 4.68 Å². The van der Waals surface area contributed by atoms with E-state index in [0.29, 0.717) is 12.1 Å². The normalized spacial score (nSPS) is 13.0. The Morgan fingerprint density at radius 3 is 2.17 bits per heavy atom. The number of aromatic nitrogens is 2. The van der Waals surface area contributed by atoms with Crippen LogP contribution in [0.15, 0.2) is 52.0 Å². The number of halogens is 10. The number of carbonyl (C=O) groups excluding carboxylic acids is 1. The second-order valence-corrected chi connectivity index (χ2v) is 10.7. The van der Waals surface area contributed by atoms with E-state index in [1.54, 1.807) is 5.32 Å². The molecule has 228 valence electrons. The van der Waals surface area contributed by atoms with Gasteiger partial charge in [-0.3, -0.25) is 4.79 Å². The van der Waals surface area contributed by atoms with E-state index in [2.05, 4.69) is 9.50 Å². The molecule has 0 saturated carbocycles. The molecule has 1 N–H and O–H groups in total.